The number of benzene rings is 2. The van der Waals surface area contributed by atoms with E-state index in [1.807, 2.05) is 27.0 Å². The van der Waals surface area contributed by atoms with Crippen molar-refractivity contribution in [3.63, 3.8) is 0 Å². The van der Waals surface area contributed by atoms with Gasteiger partial charge < -0.3 is 30.7 Å². The molecule has 51 heavy (non-hydrogen) atoms. The van der Waals surface area contributed by atoms with Gasteiger partial charge in [-0.25, -0.2) is 13.8 Å². The molecule has 2 aliphatic rings. The van der Waals surface area contributed by atoms with E-state index in [4.69, 9.17) is 20.9 Å². The molecular weight excluding hydrogens is 691 g/mol. The Balaban J connectivity index is 0.00000220. The first-order valence-electron chi connectivity index (χ1n) is 16.4. The highest BCUT2D eigenvalue weighted by Gasteiger charge is 2.44. The topological polar surface area (TPSA) is 139 Å². The Morgan fingerprint density at radius 2 is 1.90 bits per heavy atom. The van der Waals surface area contributed by atoms with Gasteiger partial charge >= 0.3 is 12.2 Å². The van der Waals surface area contributed by atoms with Crippen LogP contribution in [0.5, 0.6) is 11.8 Å². The minimum Gasteiger partial charge on any atom is -0.490 e. The highest BCUT2D eigenvalue weighted by atomic mass is 32.1. The molecule has 1 fully saturated rings. The second-order valence-corrected chi connectivity index (χ2v) is 13.0. The molecule has 4 N–H and O–H groups in total. The number of alkyl halides is 3. The molecule has 1 saturated heterocycles. The van der Waals surface area contributed by atoms with Crippen LogP contribution in [0.2, 0.25) is 0 Å². The third-order valence-electron chi connectivity index (χ3n) is 9.20. The van der Waals surface area contributed by atoms with E-state index in [-0.39, 0.29) is 75.0 Å². The SMILES string of the molecule is CC.C[C@H](c1cccnc1N)N1CCOc2c(C(F)(F)F)c(-c3ccc(F)c4sc(N)c(C#N)c34)c(F)c3nc(OCC4CCCN4C)nc1c23. The van der Waals surface area contributed by atoms with Crippen molar-refractivity contribution in [3.05, 3.63) is 58.8 Å². The lowest BCUT2D eigenvalue weighted by Gasteiger charge is -2.30. The summed E-state index contributed by atoms with van der Waals surface area (Å²) in [6, 6.07) is 6.33. The Labute approximate surface area is 294 Å². The summed E-state index contributed by atoms with van der Waals surface area (Å²) in [6.07, 6.45) is -1.88. The van der Waals surface area contributed by atoms with E-state index in [2.05, 4.69) is 19.9 Å². The Hall–Kier alpha value is -5.01. The van der Waals surface area contributed by atoms with Crippen LogP contribution in [-0.4, -0.2) is 59.2 Å². The van der Waals surface area contributed by atoms with Crippen molar-refractivity contribution in [1.82, 2.24) is 19.9 Å². The normalized spacial score (nSPS) is 16.7. The van der Waals surface area contributed by atoms with E-state index in [1.54, 1.807) is 24.0 Å². The van der Waals surface area contributed by atoms with Gasteiger partial charge in [0, 0.05) is 28.8 Å². The van der Waals surface area contributed by atoms with Gasteiger partial charge in [0.15, 0.2) is 5.82 Å². The first-order chi connectivity index (χ1) is 24.4. The average Bonchev–Trinajstić information content (AvgIpc) is 3.62. The summed E-state index contributed by atoms with van der Waals surface area (Å²) >= 11 is 0.686. The molecule has 5 heterocycles. The summed E-state index contributed by atoms with van der Waals surface area (Å²) in [5.74, 6) is -2.76. The maximum Gasteiger partial charge on any atom is 0.420 e. The van der Waals surface area contributed by atoms with Crippen LogP contribution in [0.4, 0.5) is 38.6 Å². The van der Waals surface area contributed by atoms with Crippen LogP contribution in [0.3, 0.4) is 0 Å². The van der Waals surface area contributed by atoms with Crippen LogP contribution in [-0.2, 0) is 6.18 Å². The number of nitrogens with two attached hydrogens (primary N) is 2. The van der Waals surface area contributed by atoms with Crippen molar-refractivity contribution in [2.75, 3.05) is 49.7 Å². The zero-order valence-corrected chi connectivity index (χ0v) is 29.1. The standard InChI is InChI=1S/C33H29F5N8O2S.C2H6/c1-15(17-6-3-9-42-29(17)40)46-11-12-47-27-23-26(43-32(44-31(23)46)48-14-16-5-4-10-45(16)2)25(35)22(24(27)33(36,37)38)18-7-8-20(34)28-21(18)19(13-39)30(41)49-28;1-2/h3,6-9,15-16H,4-5,10-12,14,41H2,1-2H3,(H2,40,42);1-2H3/t15-,16?;/m1./s1. The van der Waals surface area contributed by atoms with Crippen molar-refractivity contribution in [2.45, 2.75) is 51.9 Å². The molecular formula is C35H35F5N8O2S. The predicted molar refractivity (Wildman–Crippen MR) is 187 cm³/mol. The number of nitrogen functional groups attached to an aromatic ring is 2. The lowest BCUT2D eigenvalue weighted by Crippen LogP contribution is -2.32. The summed E-state index contributed by atoms with van der Waals surface area (Å²) in [4.78, 5) is 16.8. The van der Waals surface area contributed by atoms with Crippen molar-refractivity contribution in [2.24, 2.45) is 0 Å². The molecule has 2 aliphatic heterocycles. The van der Waals surface area contributed by atoms with Crippen LogP contribution >= 0.6 is 11.3 Å². The van der Waals surface area contributed by atoms with Crippen LogP contribution in [0, 0.1) is 23.0 Å². The smallest absolute Gasteiger partial charge is 0.420 e. The number of nitriles is 1. The predicted octanol–water partition coefficient (Wildman–Crippen LogP) is 7.70. The number of fused-ring (bicyclic) bond motifs is 1. The monoisotopic (exact) mass is 726 g/mol. The fourth-order valence-corrected chi connectivity index (χ4v) is 7.70. The van der Waals surface area contributed by atoms with Crippen LogP contribution in [0.15, 0.2) is 30.5 Å². The summed E-state index contributed by atoms with van der Waals surface area (Å²) < 4.78 is 89.8. The Bertz CT molecular complexity index is 2170. The van der Waals surface area contributed by atoms with E-state index in [0.29, 0.717) is 16.9 Å². The number of pyridine rings is 1. The van der Waals surface area contributed by atoms with Gasteiger partial charge in [-0.05, 0) is 51.1 Å². The second-order valence-electron chi connectivity index (χ2n) is 12.0. The summed E-state index contributed by atoms with van der Waals surface area (Å²) in [5.41, 5.74) is 9.16. The van der Waals surface area contributed by atoms with Gasteiger partial charge in [0.25, 0.3) is 0 Å². The molecule has 10 nitrogen and oxygen atoms in total. The highest BCUT2D eigenvalue weighted by molar-refractivity contribution is 7.23. The Morgan fingerprint density at radius 1 is 1.14 bits per heavy atom. The van der Waals surface area contributed by atoms with Gasteiger partial charge in [0.2, 0.25) is 0 Å². The molecule has 0 radical (unpaired) electrons. The van der Waals surface area contributed by atoms with Gasteiger partial charge in [-0.3, -0.25) is 0 Å². The number of aromatic nitrogens is 3. The maximum atomic E-state index is 17.2. The molecule has 2 aromatic carbocycles. The number of likely N-dealkylation sites (tertiary alicyclic amines) is 1. The number of ether oxygens (including phenoxy) is 2. The molecule has 1 unspecified atom stereocenters. The second kappa shape index (κ2) is 14.0. The van der Waals surface area contributed by atoms with Crippen LogP contribution < -0.4 is 25.8 Å². The molecule has 3 aromatic heterocycles. The third-order valence-corrected chi connectivity index (χ3v) is 10.2. The van der Waals surface area contributed by atoms with E-state index < -0.39 is 46.2 Å². The van der Waals surface area contributed by atoms with Crippen molar-refractivity contribution >= 4 is 49.0 Å². The van der Waals surface area contributed by atoms with E-state index >= 15 is 17.6 Å². The fraction of sp³-hybridized carbons (Fsp3) is 0.371. The van der Waals surface area contributed by atoms with E-state index in [0.717, 1.165) is 31.5 Å². The highest BCUT2D eigenvalue weighted by Crippen LogP contribution is 2.53. The minimum absolute atomic E-state index is 0.0236. The molecule has 268 valence electrons. The molecule has 0 spiro atoms. The van der Waals surface area contributed by atoms with Gasteiger partial charge in [-0.2, -0.15) is 28.4 Å². The number of likely N-dealkylation sites (N-methyl/N-ethyl adjacent to an activating group) is 1. The Kier molecular flexibility index (Phi) is 9.80. The molecule has 7 rings (SSSR count). The first kappa shape index (κ1) is 35.8. The number of hydrogen-bond acceptors (Lipinski definition) is 11. The maximum absolute atomic E-state index is 17.2. The molecule has 2 atom stereocenters. The van der Waals surface area contributed by atoms with Crippen LogP contribution in [0.1, 0.15) is 56.3 Å². The van der Waals surface area contributed by atoms with Crippen molar-refractivity contribution < 1.29 is 31.4 Å². The lowest BCUT2D eigenvalue weighted by molar-refractivity contribution is -0.138. The van der Waals surface area contributed by atoms with Gasteiger partial charge in [-0.15, -0.1) is 11.3 Å². The average molecular weight is 727 g/mol. The fourth-order valence-electron chi connectivity index (χ4n) is 6.75. The van der Waals surface area contributed by atoms with Crippen molar-refractivity contribution in [3.8, 4) is 29.0 Å². The van der Waals surface area contributed by atoms with E-state index in [9.17, 15) is 9.65 Å². The summed E-state index contributed by atoms with van der Waals surface area (Å²) in [7, 11) is 1.95. The Morgan fingerprint density at radius 3 is 2.57 bits per heavy atom. The number of thiophene rings is 1. The molecule has 5 aromatic rings. The minimum atomic E-state index is -5.19. The summed E-state index contributed by atoms with van der Waals surface area (Å²) in [6.45, 7) is 6.55. The van der Waals surface area contributed by atoms with Gasteiger partial charge in [0.05, 0.1) is 28.2 Å². The van der Waals surface area contributed by atoms with Crippen LogP contribution in [0.25, 0.3) is 32.1 Å². The largest absolute Gasteiger partial charge is 0.490 e. The molecule has 0 amide bonds. The number of rotatable bonds is 6. The lowest BCUT2D eigenvalue weighted by atomic mass is 9.91. The summed E-state index contributed by atoms with van der Waals surface area (Å²) in [5, 5.41) is 9.18. The van der Waals surface area contributed by atoms with Gasteiger partial charge in [-0.1, -0.05) is 26.0 Å². The molecule has 16 heteroatoms. The molecule has 0 bridgehead atoms. The van der Waals surface area contributed by atoms with Gasteiger partial charge in [0.1, 0.15) is 58.6 Å². The number of anilines is 3. The third kappa shape index (κ3) is 6.18. The molecule has 0 saturated carbocycles. The number of hydrogen-bond donors (Lipinski definition) is 2. The number of halogens is 5. The first-order valence-corrected chi connectivity index (χ1v) is 17.2. The zero-order chi connectivity index (χ0) is 36.8. The zero-order valence-electron chi connectivity index (χ0n) is 28.2. The number of nitrogens with zero attached hydrogens (tertiary/aromatic N) is 6. The molecule has 0 aliphatic carbocycles. The van der Waals surface area contributed by atoms with E-state index in [1.165, 1.54) is 6.20 Å². The quantitative estimate of drug-likeness (QED) is 0.167. The van der Waals surface area contributed by atoms with Crippen molar-refractivity contribution in [1.29, 1.82) is 5.26 Å².